The van der Waals surface area contributed by atoms with E-state index in [1.165, 1.54) is 11.3 Å². The van der Waals surface area contributed by atoms with E-state index < -0.39 is 0 Å². The minimum atomic E-state index is -0.0952. The van der Waals surface area contributed by atoms with Gasteiger partial charge >= 0.3 is 0 Å². The van der Waals surface area contributed by atoms with Gasteiger partial charge in [0.15, 0.2) is 0 Å². The molecule has 0 spiro atoms. The van der Waals surface area contributed by atoms with E-state index in [4.69, 9.17) is 9.47 Å². The number of thiophene rings is 1. The zero-order chi connectivity index (χ0) is 22.3. The van der Waals surface area contributed by atoms with Gasteiger partial charge in [0.25, 0.3) is 5.91 Å². The Hall–Kier alpha value is -3.32. The number of carbonyl (C=O) groups is 2. The van der Waals surface area contributed by atoms with Crippen molar-refractivity contribution >= 4 is 28.8 Å². The summed E-state index contributed by atoms with van der Waals surface area (Å²) in [6, 6.07) is 18.5. The number of hydrogen-bond acceptors (Lipinski definition) is 5. The van der Waals surface area contributed by atoms with Crippen LogP contribution in [0.3, 0.4) is 0 Å². The molecule has 1 fully saturated rings. The molecule has 166 valence electrons. The van der Waals surface area contributed by atoms with Crippen LogP contribution in [-0.4, -0.2) is 36.4 Å². The summed E-state index contributed by atoms with van der Waals surface area (Å²) in [5, 5.41) is 4.89. The first-order valence-electron chi connectivity index (χ1n) is 10.8. The van der Waals surface area contributed by atoms with E-state index in [0.29, 0.717) is 44.0 Å². The zero-order valence-electron chi connectivity index (χ0n) is 18.0. The molecular weight excluding hydrogens is 424 g/mol. The predicted molar refractivity (Wildman–Crippen MR) is 126 cm³/mol. The molecule has 1 N–H and O–H groups in total. The standard InChI is InChI=1S/C25H26N2O4S/c1-2-30-20-9-11-22(12-10-20)31-21-7-5-19(6-8-21)26-24(28)18-13-15-27(16-14-18)25(29)23-4-3-17-32-23/h3-12,17-18H,2,13-16H2,1H3,(H,26,28). The molecule has 2 amide bonds. The largest absolute Gasteiger partial charge is 0.494 e. The number of piperidine rings is 1. The lowest BCUT2D eigenvalue weighted by Crippen LogP contribution is -2.41. The Labute approximate surface area is 191 Å². The predicted octanol–water partition coefficient (Wildman–Crippen LogP) is 5.43. The van der Waals surface area contributed by atoms with Crippen LogP contribution in [0.25, 0.3) is 0 Å². The van der Waals surface area contributed by atoms with Gasteiger partial charge in [0.05, 0.1) is 11.5 Å². The fraction of sp³-hybridized carbons (Fsp3) is 0.280. The molecule has 1 aromatic heterocycles. The Morgan fingerprint density at radius 2 is 1.59 bits per heavy atom. The van der Waals surface area contributed by atoms with Crippen molar-refractivity contribution in [2.24, 2.45) is 5.92 Å². The molecule has 0 bridgehead atoms. The molecule has 0 radical (unpaired) electrons. The van der Waals surface area contributed by atoms with Crippen molar-refractivity contribution in [3.63, 3.8) is 0 Å². The van der Waals surface area contributed by atoms with Gasteiger partial charge < -0.3 is 19.7 Å². The number of hydrogen-bond donors (Lipinski definition) is 1. The van der Waals surface area contributed by atoms with Crippen LogP contribution in [0.15, 0.2) is 66.0 Å². The molecular formula is C25H26N2O4S. The normalized spacial score (nSPS) is 14.1. The van der Waals surface area contributed by atoms with Crippen molar-refractivity contribution < 1.29 is 19.1 Å². The molecule has 4 rings (SSSR count). The van der Waals surface area contributed by atoms with Crippen molar-refractivity contribution in [1.82, 2.24) is 4.90 Å². The van der Waals surface area contributed by atoms with E-state index in [1.54, 1.807) is 0 Å². The Kier molecular flexibility index (Phi) is 7.07. The second kappa shape index (κ2) is 10.3. The Morgan fingerprint density at radius 1 is 0.969 bits per heavy atom. The summed E-state index contributed by atoms with van der Waals surface area (Å²) in [6.07, 6.45) is 1.34. The SMILES string of the molecule is CCOc1ccc(Oc2ccc(NC(=O)C3CCN(C(=O)c4cccs4)CC3)cc2)cc1. The van der Waals surface area contributed by atoms with Crippen LogP contribution in [0.2, 0.25) is 0 Å². The highest BCUT2D eigenvalue weighted by Gasteiger charge is 2.28. The summed E-state index contributed by atoms with van der Waals surface area (Å²) in [4.78, 5) is 27.7. The second-order valence-corrected chi connectivity index (χ2v) is 8.51. The summed E-state index contributed by atoms with van der Waals surface area (Å²) in [5.41, 5.74) is 0.728. The highest BCUT2D eigenvalue weighted by molar-refractivity contribution is 7.12. The third-order valence-corrected chi connectivity index (χ3v) is 6.24. The average molecular weight is 451 g/mol. The topological polar surface area (TPSA) is 67.9 Å². The maximum absolute atomic E-state index is 12.7. The van der Waals surface area contributed by atoms with Crippen LogP contribution in [0.5, 0.6) is 17.2 Å². The smallest absolute Gasteiger partial charge is 0.263 e. The fourth-order valence-electron chi connectivity index (χ4n) is 3.66. The average Bonchev–Trinajstić information content (AvgIpc) is 3.36. The molecule has 1 aliphatic rings. The quantitative estimate of drug-likeness (QED) is 0.521. The van der Waals surface area contributed by atoms with E-state index in [0.717, 1.165) is 16.3 Å². The van der Waals surface area contributed by atoms with Crippen LogP contribution in [-0.2, 0) is 4.79 Å². The molecule has 2 aromatic carbocycles. The Morgan fingerprint density at radius 3 is 2.19 bits per heavy atom. The van der Waals surface area contributed by atoms with E-state index in [9.17, 15) is 9.59 Å². The van der Waals surface area contributed by atoms with Crippen molar-refractivity contribution in [2.75, 3.05) is 25.0 Å². The van der Waals surface area contributed by atoms with Gasteiger partial charge in [0.2, 0.25) is 5.91 Å². The Balaban J connectivity index is 1.26. The molecule has 0 aliphatic carbocycles. The van der Waals surface area contributed by atoms with Crippen LogP contribution >= 0.6 is 11.3 Å². The van der Waals surface area contributed by atoms with E-state index in [-0.39, 0.29) is 17.7 Å². The van der Waals surface area contributed by atoms with Crippen LogP contribution in [0, 0.1) is 5.92 Å². The number of anilines is 1. The molecule has 6 nitrogen and oxygen atoms in total. The highest BCUT2D eigenvalue weighted by Crippen LogP contribution is 2.26. The van der Waals surface area contributed by atoms with Crippen LogP contribution in [0.4, 0.5) is 5.69 Å². The van der Waals surface area contributed by atoms with Gasteiger partial charge in [-0.1, -0.05) is 6.07 Å². The van der Waals surface area contributed by atoms with E-state index >= 15 is 0 Å². The van der Waals surface area contributed by atoms with Crippen molar-refractivity contribution in [2.45, 2.75) is 19.8 Å². The van der Waals surface area contributed by atoms with Crippen LogP contribution in [0.1, 0.15) is 29.4 Å². The first-order chi connectivity index (χ1) is 15.6. The Bertz CT molecular complexity index is 1020. The first kappa shape index (κ1) is 21.9. The van der Waals surface area contributed by atoms with E-state index in [1.807, 2.05) is 77.9 Å². The lowest BCUT2D eigenvalue weighted by Gasteiger charge is -2.31. The molecule has 0 saturated carbocycles. The summed E-state index contributed by atoms with van der Waals surface area (Å²) >= 11 is 1.45. The van der Waals surface area contributed by atoms with Gasteiger partial charge in [-0.2, -0.15) is 0 Å². The van der Waals surface area contributed by atoms with Crippen molar-refractivity contribution in [3.05, 3.63) is 70.9 Å². The summed E-state index contributed by atoms with van der Waals surface area (Å²) < 4.78 is 11.3. The number of benzene rings is 2. The van der Waals surface area contributed by atoms with Gasteiger partial charge in [-0.25, -0.2) is 0 Å². The third-order valence-electron chi connectivity index (χ3n) is 5.38. The maximum atomic E-state index is 12.7. The van der Waals surface area contributed by atoms with Gasteiger partial charge in [-0.05, 0) is 79.7 Å². The number of likely N-dealkylation sites (tertiary alicyclic amines) is 1. The third kappa shape index (κ3) is 5.48. The molecule has 0 atom stereocenters. The van der Waals surface area contributed by atoms with Crippen molar-refractivity contribution in [3.8, 4) is 17.2 Å². The minimum absolute atomic E-state index is 0.00611. The minimum Gasteiger partial charge on any atom is -0.494 e. The van der Waals surface area contributed by atoms with Gasteiger partial charge in [-0.15, -0.1) is 11.3 Å². The fourth-order valence-corrected chi connectivity index (χ4v) is 4.35. The summed E-state index contributed by atoms with van der Waals surface area (Å²) in [5.74, 6) is 2.17. The number of rotatable bonds is 7. The summed E-state index contributed by atoms with van der Waals surface area (Å²) in [6.45, 7) is 3.77. The zero-order valence-corrected chi connectivity index (χ0v) is 18.8. The van der Waals surface area contributed by atoms with Crippen LogP contribution < -0.4 is 14.8 Å². The number of carbonyl (C=O) groups excluding carboxylic acids is 2. The number of amides is 2. The summed E-state index contributed by atoms with van der Waals surface area (Å²) in [7, 11) is 0. The molecule has 7 heteroatoms. The molecule has 1 aliphatic heterocycles. The molecule has 2 heterocycles. The second-order valence-electron chi connectivity index (χ2n) is 7.56. The van der Waals surface area contributed by atoms with Gasteiger partial charge in [-0.3, -0.25) is 9.59 Å². The number of nitrogens with one attached hydrogen (secondary N) is 1. The monoisotopic (exact) mass is 450 g/mol. The van der Waals surface area contributed by atoms with Gasteiger partial charge in [0.1, 0.15) is 17.2 Å². The van der Waals surface area contributed by atoms with Gasteiger partial charge in [0, 0.05) is 24.7 Å². The highest BCUT2D eigenvalue weighted by atomic mass is 32.1. The van der Waals surface area contributed by atoms with E-state index in [2.05, 4.69) is 5.32 Å². The first-order valence-corrected chi connectivity index (χ1v) is 11.6. The van der Waals surface area contributed by atoms with Crippen molar-refractivity contribution in [1.29, 1.82) is 0 Å². The molecule has 3 aromatic rings. The molecule has 32 heavy (non-hydrogen) atoms. The number of ether oxygens (including phenoxy) is 2. The molecule has 1 saturated heterocycles. The maximum Gasteiger partial charge on any atom is 0.263 e. The molecule has 0 unspecified atom stereocenters. The lowest BCUT2D eigenvalue weighted by atomic mass is 9.95. The number of nitrogens with zero attached hydrogens (tertiary/aromatic N) is 1. The lowest BCUT2D eigenvalue weighted by molar-refractivity contribution is -0.121.